The molecule has 0 radical (unpaired) electrons. The molecule has 0 aromatic heterocycles. The highest BCUT2D eigenvalue weighted by Gasteiger charge is 2.13. The quantitative estimate of drug-likeness (QED) is 0.829. The summed E-state index contributed by atoms with van der Waals surface area (Å²) < 4.78 is 0. The first-order valence-corrected chi connectivity index (χ1v) is 5.94. The van der Waals surface area contributed by atoms with Gasteiger partial charge in [0.2, 0.25) is 0 Å². The van der Waals surface area contributed by atoms with Crippen molar-refractivity contribution in [1.82, 2.24) is 5.32 Å². The molecular weight excluding hydrogens is 222 g/mol. The largest absolute Gasteiger partial charge is 0.389 e. The van der Waals surface area contributed by atoms with Crippen molar-refractivity contribution in [2.45, 2.75) is 19.4 Å². The Morgan fingerprint density at radius 3 is 2.88 bits per heavy atom. The van der Waals surface area contributed by atoms with Gasteiger partial charge < -0.3 is 10.4 Å². The summed E-state index contributed by atoms with van der Waals surface area (Å²) in [6, 6.07) is 5.73. The van der Waals surface area contributed by atoms with Crippen molar-refractivity contribution >= 4 is 17.2 Å². The van der Waals surface area contributed by atoms with Gasteiger partial charge in [0.05, 0.1) is 6.10 Å². The first kappa shape index (κ1) is 11.6. The van der Waals surface area contributed by atoms with Crippen LogP contribution in [0.5, 0.6) is 0 Å². The van der Waals surface area contributed by atoms with Crippen LogP contribution in [0.4, 0.5) is 0 Å². The molecule has 0 bridgehead atoms. The number of hydrogen-bond donors (Lipinski definition) is 2. The van der Waals surface area contributed by atoms with Crippen LogP contribution in [-0.2, 0) is 0 Å². The number of nitrogens with one attached hydrogen (secondary N) is 1. The zero-order chi connectivity index (χ0) is 11.5. The van der Waals surface area contributed by atoms with Crippen LogP contribution in [0.1, 0.15) is 30.6 Å². The molecule has 1 aliphatic heterocycles. The standard InChI is InChI=1S/C13H16ClNO/c1-9(16)13-8-11(14)2-3-12(13)10-4-6-15-7-5-10/h2-4,8-9,15-16H,5-7H2,1H3/t9-/m1/s1. The third kappa shape index (κ3) is 2.46. The van der Waals surface area contributed by atoms with Crippen molar-refractivity contribution in [2.24, 2.45) is 0 Å². The van der Waals surface area contributed by atoms with Crippen LogP contribution in [0.25, 0.3) is 5.57 Å². The maximum Gasteiger partial charge on any atom is 0.0768 e. The molecule has 0 unspecified atom stereocenters. The number of aliphatic hydroxyl groups excluding tert-OH is 1. The average molecular weight is 238 g/mol. The molecule has 0 amide bonds. The van der Waals surface area contributed by atoms with E-state index in [-0.39, 0.29) is 0 Å². The molecular formula is C13H16ClNO. The van der Waals surface area contributed by atoms with Crippen molar-refractivity contribution in [1.29, 1.82) is 0 Å². The summed E-state index contributed by atoms with van der Waals surface area (Å²) in [7, 11) is 0. The van der Waals surface area contributed by atoms with Gasteiger partial charge in [0.15, 0.2) is 0 Å². The average Bonchev–Trinajstić information content (AvgIpc) is 2.30. The summed E-state index contributed by atoms with van der Waals surface area (Å²) in [5.74, 6) is 0. The van der Waals surface area contributed by atoms with E-state index in [1.807, 2.05) is 18.2 Å². The number of aliphatic hydroxyl groups is 1. The van der Waals surface area contributed by atoms with Gasteiger partial charge >= 0.3 is 0 Å². The van der Waals surface area contributed by atoms with Crippen LogP contribution < -0.4 is 5.32 Å². The predicted molar refractivity (Wildman–Crippen MR) is 67.5 cm³/mol. The second-order valence-electron chi connectivity index (χ2n) is 4.09. The van der Waals surface area contributed by atoms with E-state index in [0.29, 0.717) is 5.02 Å². The number of halogens is 1. The van der Waals surface area contributed by atoms with Crippen LogP contribution in [0.3, 0.4) is 0 Å². The van der Waals surface area contributed by atoms with Crippen LogP contribution in [0.2, 0.25) is 5.02 Å². The lowest BCUT2D eigenvalue weighted by Gasteiger charge is -2.19. The predicted octanol–water partition coefficient (Wildman–Crippen LogP) is 2.77. The van der Waals surface area contributed by atoms with Crippen molar-refractivity contribution in [3.8, 4) is 0 Å². The van der Waals surface area contributed by atoms with Gasteiger partial charge in [-0.15, -0.1) is 0 Å². The third-order valence-electron chi connectivity index (χ3n) is 2.87. The summed E-state index contributed by atoms with van der Waals surface area (Å²) in [6.45, 7) is 3.67. The first-order valence-electron chi connectivity index (χ1n) is 5.56. The molecule has 0 saturated heterocycles. The molecule has 2 rings (SSSR count). The second kappa shape index (κ2) is 5.00. The molecule has 3 heteroatoms. The van der Waals surface area contributed by atoms with E-state index >= 15 is 0 Å². The minimum Gasteiger partial charge on any atom is -0.389 e. The Kier molecular flexibility index (Phi) is 3.64. The summed E-state index contributed by atoms with van der Waals surface area (Å²) in [4.78, 5) is 0. The van der Waals surface area contributed by atoms with Gasteiger partial charge in [0, 0.05) is 11.6 Å². The highest BCUT2D eigenvalue weighted by Crippen LogP contribution is 2.29. The van der Waals surface area contributed by atoms with E-state index in [2.05, 4.69) is 11.4 Å². The van der Waals surface area contributed by atoms with Gasteiger partial charge in [-0.2, -0.15) is 0 Å². The Bertz CT molecular complexity index is 412. The van der Waals surface area contributed by atoms with Gasteiger partial charge in [0.25, 0.3) is 0 Å². The van der Waals surface area contributed by atoms with Crippen molar-refractivity contribution in [2.75, 3.05) is 13.1 Å². The zero-order valence-electron chi connectivity index (χ0n) is 9.33. The molecule has 1 aliphatic rings. The molecule has 2 N–H and O–H groups in total. The zero-order valence-corrected chi connectivity index (χ0v) is 10.1. The maximum atomic E-state index is 9.76. The smallest absolute Gasteiger partial charge is 0.0768 e. The summed E-state index contributed by atoms with van der Waals surface area (Å²) in [6.07, 6.45) is 2.70. The van der Waals surface area contributed by atoms with Gasteiger partial charge in [0.1, 0.15) is 0 Å². The van der Waals surface area contributed by atoms with E-state index in [9.17, 15) is 5.11 Å². The lowest BCUT2D eigenvalue weighted by molar-refractivity contribution is 0.199. The molecule has 0 spiro atoms. The monoisotopic (exact) mass is 237 g/mol. The van der Waals surface area contributed by atoms with E-state index in [4.69, 9.17) is 11.6 Å². The summed E-state index contributed by atoms with van der Waals surface area (Å²) in [5, 5.41) is 13.7. The fourth-order valence-corrected chi connectivity index (χ4v) is 2.22. The van der Waals surface area contributed by atoms with E-state index in [0.717, 1.165) is 30.6 Å². The van der Waals surface area contributed by atoms with E-state index in [1.165, 1.54) is 5.57 Å². The SMILES string of the molecule is C[C@@H](O)c1cc(Cl)ccc1C1=CCNCC1. The van der Waals surface area contributed by atoms with Crippen LogP contribution in [-0.4, -0.2) is 18.2 Å². The number of benzene rings is 1. The minimum atomic E-state index is -0.482. The molecule has 86 valence electrons. The Hall–Kier alpha value is -0.830. The highest BCUT2D eigenvalue weighted by molar-refractivity contribution is 6.30. The topological polar surface area (TPSA) is 32.3 Å². The van der Waals surface area contributed by atoms with E-state index < -0.39 is 6.10 Å². The molecule has 16 heavy (non-hydrogen) atoms. The normalized spacial score (nSPS) is 18.1. The minimum absolute atomic E-state index is 0.482. The second-order valence-corrected chi connectivity index (χ2v) is 4.53. The molecule has 1 aromatic carbocycles. The lowest BCUT2D eigenvalue weighted by atomic mass is 9.93. The lowest BCUT2D eigenvalue weighted by Crippen LogP contribution is -2.20. The number of rotatable bonds is 2. The third-order valence-corrected chi connectivity index (χ3v) is 3.11. The molecule has 1 aromatic rings. The molecule has 1 heterocycles. The Balaban J connectivity index is 2.42. The fourth-order valence-electron chi connectivity index (χ4n) is 2.04. The van der Waals surface area contributed by atoms with Crippen molar-refractivity contribution in [3.05, 3.63) is 40.4 Å². The van der Waals surface area contributed by atoms with Crippen molar-refractivity contribution in [3.63, 3.8) is 0 Å². The molecule has 1 atom stereocenters. The number of hydrogen-bond acceptors (Lipinski definition) is 2. The molecule has 0 saturated carbocycles. The molecule has 0 fully saturated rings. The van der Waals surface area contributed by atoms with Crippen LogP contribution in [0, 0.1) is 0 Å². The van der Waals surface area contributed by atoms with Gasteiger partial charge in [-0.1, -0.05) is 23.7 Å². The van der Waals surface area contributed by atoms with Gasteiger partial charge in [-0.25, -0.2) is 0 Å². The molecule has 0 aliphatic carbocycles. The summed E-state index contributed by atoms with van der Waals surface area (Å²) in [5.41, 5.74) is 3.34. The Morgan fingerprint density at radius 1 is 1.44 bits per heavy atom. The van der Waals surface area contributed by atoms with Crippen LogP contribution >= 0.6 is 11.6 Å². The summed E-state index contributed by atoms with van der Waals surface area (Å²) >= 11 is 5.96. The van der Waals surface area contributed by atoms with Crippen molar-refractivity contribution < 1.29 is 5.11 Å². The maximum absolute atomic E-state index is 9.76. The van der Waals surface area contributed by atoms with Gasteiger partial charge in [-0.05, 0) is 48.7 Å². The molecule has 2 nitrogen and oxygen atoms in total. The first-order chi connectivity index (χ1) is 7.68. The van der Waals surface area contributed by atoms with Crippen LogP contribution in [0.15, 0.2) is 24.3 Å². The Labute approximate surface area is 101 Å². The van der Waals surface area contributed by atoms with Gasteiger partial charge in [-0.3, -0.25) is 0 Å². The highest BCUT2D eigenvalue weighted by atomic mass is 35.5. The van der Waals surface area contributed by atoms with E-state index in [1.54, 1.807) is 6.92 Å². The fraction of sp³-hybridized carbons (Fsp3) is 0.385. The Morgan fingerprint density at radius 2 is 2.25 bits per heavy atom.